The van der Waals surface area contributed by atoms with Crippen molar-refractivity contribution in [2.45, 2.75) is 57.4 Å². The maximum atomic E-state index is 4.25. The van der Waals surface area contributed by atoms with Crippen LogP contribution in [0.4, 0.5) is 0 Å². The van der Waals surface area contributed by atoms with Crippen LogP contribution in [0, 0.1) is 17.8 Å². The van der Waals surface area contributed by atoms with E-state index in [0.29, 0.717) is 6.04 Å². The lowest BCUT2D eigenvalue weighted by atomic mass is 9.66. The van der Waals surface area contributed by atoms with Crippen LogP contribution in [0.25, 0.3) is 0 Å². The number of hydrogen-bond donors (Lipinski definition) is 1. The molecule has 4 heteroatoms. The van der Waals surface area contributed by atoms with E-state index in [1.54, 1.807) is 4.68 Å². The van der Waals surface area contributed by atoms with Crippen LogP contribution in [0.3, 0.4) is 0 Å². The summed E-state index contributed by atoms with van der Waals surface area (Å²) in [7, 11) is 4.05. The third kappa shape index (κ3) is 3.05. The molecule has 2 saturated carbocycles. The van der Waals surface area contributed by atoms with Gasteiger partial charge in [-0.3, -0.25) is 4.68 Å². The highest BCUT2D eigenvalue weighted by molar-refractivity contribution is 4.98. The predicted molar refractivity (Wildman–Crippen MR) is 80.3 cm³/mol. The fourth-order valence-electron chi connectivity index (χ4n) is 4.49. The van der Waals surface area contributed by atoms with Crippen LogP contribution >= 0.6 is 0 Å². The van der Waals surface area contributed by atoms with E-state index in [1.165, 1.54) is 44.9 Å². The summed E-state index contributed by atoms with van der Waals surface area (Å²) in [5.41, 5.74) is 1.12. The van der Waals surface area contributed by atoms with Crippen LogP contribution in [-0.2, 0) is 13.5 Å². The molecular formula is C16H28N4. The van der Waals surface area contributed by atoms with Crippen molar-refractivity contribution in [1.82, 2.24) is 20.3 Å². The van der Waals surface area contributed by atoms with E-state index in [2.05, 4.69) is 28.9 Å². The summed E-state index contributed by atoms with van der Waals surface area (Å²) in [5, 5.41) is 11.9. The normalized spacial score (nSPS) is 31.8. The molecule has 2 aliphatic rings. The summed E-state index contributed by atoms with van der Waals surface area (Å²) in [4.78, 5) is 0. The van der Waals surface area contributed by atoms with Gasteiger partial charge in [-0.05, 0) is 44.1 Å². The maximum Gasteiger partial charge on any atom is 0.0842 e. The SMILES string of the molecule is CNC(Cc1cn(C)nn1)C1CCC2CCCCC2C1. The molecule has 4 nitrogen and oxygen atoms in total. The third-order valence-electron chi connectivity index (χ3n) is 5.60. The van der Waals surface area contributed by atoms with Crippen LogP contribution in [0.5, 0.6) is 0 Å². The Morgan fingerprint density at radius 2 is 2.05 bits per heavy atom. The molecule has 0 saturated heterocycles. The minimum absolute atomic E-state index is 0.564. The largest absolute Gasteiger partial charge is 0.316 e. The Morgan fingerprint density at radius 1 is 1.25 bits per heavy atom. The van der Waals surface area contributed by atoms with Gasteiger partial charge >= 0.3 is 0 Å². The summed E-state index contributed by atoms with van der Waals surface area (Å²) >= 11 is 0. The van der Waals surface area contributed by atoms with E-state index < -0.39 is 0 Å². The molecule has 112 valence electrons. The molecule has 1 heterocycles. The zero-order chi connectivity index (χ0) is 13.9. The van der Waals surface area contributed by atoms with E-state index in [-0.39, 0.29) is 0 Å². The molecular weight excluding hydrogens is 248 g/mol. The molecule has 0 amide bonds. The second kappa shape index (κ2) is 6.25. The van der Waals surface area contributed by atoms with Crippen molar-refractivity contribution in [2.24, 2.45) is 24.8 Å². The number of nitrogens with zero attached hydrogens (tertiary/aromatic N) is 3. The summed E-state index contributed by atoms with van der Waals surface area (Å²) < 4.78 is 1.81. The van der Waals surface area contributed by atoms with E-state index in [9.17, 15) is 0 Å². The Kier molecular flexibility index (Phi) is 4.39. The minimum atomic E-state index is 0.564. The van der Waals surface area contributed by atoms with Crippen LogP contribution < -0.4 is 5.32 Å². The molecule has 1 N–H and O–H groups in total. The Labute approximate surface area is 122 Å². The van der Waals surface area contributed by atoms with Gasteiger partial charge in [0.2, 0.25) is 0 Å². The van der Waals surface area contributed by atoms with Crippen molar-refractivity contribution < 1.29 is 0 Å². The topological polar surface area (TPSA) is 42.7 Å². The molecule has 0 spiro atoms. The lowest BCUT2D eigenvalue weighted by Crippen LogP contribution is -2.40. The molecule has 4 unspecified atom stereocenters. The molecule has 0 aromatic carbocycles. The second-order valence-electron chi connectivity index (χ2n) is 6.86. The fraction of sp³-hybridized carbons (Fsp3) is 0.875. The highest BCUT2D eigenvalue weighted by atomic mass is 15.4. The van der Waals surface area contributed by atoms with E-state index in [1.807, 2.05) is 7.05 Å². The highest BCUT2D eigenvalue weighted by Crippen LogP contribution is 2.43. The van der Waals surface area contributed by atoms with Gasteiger partial charge in [0, 0.05) is 25.7 Å². The number of aryl methyl sites for hydroxylation is 1. The Hall–Kier alpha value is -0.900. The standard InChI is InChI=1S/C16H28N4/c1-17-16(10-15-11-20(2)19-18-15)14-8-7-12-5-3-4-6-13(12)9-14/h11-14,16-17H,3-10H2,1-2H3. The first kappa shape index (κ1) is 14.1. The molecule has 1 aromatic rings. The number of likely N-dealkylation sites (N-methyl/N-ethyl adjacent to an activating group) is 1. The Balaban J connectivity index is 1.61. The predicted octanol–water partition coefficient (Wildman–Crippen LogP) is 2.55. The third-order valence-corrected chi connectivity index (χ3v) is 5.60. The molecule has 0 bridgehead atoms. The summed E-state index contributed by atoms with van der Waals surface area (Å²) in [6.07, 6.45) is 13.2. The number of hydrogen-bond acceptors (Lipinski definition) is 3. The van der Waals surface area contributed by atoms with Gasteiger partial charge in [0.05, 0.1) is 5.69 Å². The molecule has 4 atom stereocenters. The molecule has 3 rings (SSSR count). The van der Waals surface area contributed by atoms with Gasteiger partial charge in [0.1, 0.15) is 0 Å². The first-order valence-electron chi connectivity index (χ1n) is 8.28. The average molecular weight is 276 g/mol. The second-order valence-corrected chi connectivity index (χ2v) is 6.86. The van der Waals surface area contributed by atoms with E-state index in [4.69, 9.17) is 0 Å². The van der Waals surface area contributed by atoms with Gasteiger partial charge in [-0.2, -0.15) is 0 Å². The van der Waals surface area contributed by atoms with Crippen molar-refractivity contribution >= 4 is 0 Å². The molecule has 2 fully saturated rings. The molecule has 0 aliphatic heterocycles. The van der Waals surface area contributed by atoms with Crippen molar-refractivity contribution in [1.29, 1.82) is 0 Å². The summed E-state index contributed by atoms with van der Waals surface area (Å²) in [6.45, 7) is 0. The summed E-state index contributed by atoms with van der Waals surface area (Å²) in [6, 6.07) is 0.564. The number of aromatic nitrogens is 3. The zero-order valence-corrected chi connectivity index (χ0v) is 12.9. The Bertz CT molecular complexity index is 428. The quantitative estimate of drug-likeness (QED) is 0.919. The van der Waals surface area contributed by atoms with E-state index in [0.717, 1.165) is 29.9 Å². The molecule has 0 radical (unpaired) electrons. The van der Waals surface area contributed by atoms with Gasteiger partial charge in [-0.25, -0.2) is 0 Å². The lowest BCUT2D eigenvalue weighted by Gasteiger charge is -2.41. The van der Waals surface area contributed by atoms with Gasteiger partial charge in [-0.15, -0.1) is 5.10 Å². The first-order valence-corrected chi connectivity index (χ1v) is 8.28. The fourth-order valence-corrected chi connectivity index (χ4v) is 4.49. The summed E-state index contributed by atoms with van der Waals surface area (Å²) in [5.74, 6) is 2.86. The number of nitrogens with one attached hydrogen (secondary N) is 1. The average Bonchev–Trinajstić information content (AvgIpc) is 2.89. The molecule has 1 aromatic heterocycles. The van der Waals surface area contributed by atoms with E-state index >= 15 is 0 Å². The zero-order valence-electron chi connectivity index (χ0n) is 12.9. The smallest absolute Gasteiger partial charge is 0.0842 e. The van der Waals surface area contributed by atoms with Gasteiger partial charge in [-0.1, -0.05) is 30.9 Å². The first-order chi connectivity index (χ1) is 9.76. The monoisotopic (exact) mass is 276 g/mol. The van der Waals surface area contributed by atoms with Crippen molar-refractivity contribution in [3.8, 4) is 0 Å². The van der Waals surface area contributed by atoms with Gasteiger partial charge < -0.3 is 5.32 Å². The maximum absolute atomic E-state index is 4.25. The van der Waals surface area contributed by atoms with Gasteiger partial charge in [0.15, 0.2) is 0 Å². The van der Waals surface area contributed by atoms with Gasteiger partial charge in [0.25, 0.3) is 0 Å². The lowest BCUT2D eigenvalue weighted by molar-refractivity contribution is 0.111. The highest BCUT2D eigenvalue weighted by Gasteiger charge is 2.35. The van der Waals surface area contributed by atoms with Crippen LogP contribution in [0.1, 0.15) is 50.6 Å². The molecule has 2 aliphatic carbocycles. The van der Waals surface area contributed by atoms with Crippen molar-refractivity contribution in [3.05, 3.63) is 11.9 Å². The van der Waals surface area contributed by atoms with Crippen LogP contribution in [0.2, 0.25) is 0 Å². The number of rotatable bonds is 4. The number of fused-ring (bicyclic) bond motifs is 1. The Morgan fingerprint density at radius 3 is 2.75 bits per heavy atom. The van der Waals surface area contributed by atoms with Crippen LogP contribution in [-0.4, -0.2) is 28.1 Å². The van der Waals surface area contributed by atoms with Crippen molar-refractivity contribution in [3.63, 3.8) is 0 Å². The minimum Gasteiger partial charge on any atom is -0.316 e. The van der Waals surface area contributed by atoms with Crippen LogP contribution in [0.15, 0.2) is 6.20 Å². The molecule has 20 heavy (non-hydrogen) atoms. The van der Waals surface area contributed by atoms with Crippen molar-refractivity contribution in [2.75, 3.05) is 7.05 Å².